The minimum atomic E-state index is -0.0959. The molecule has 4 nitrogen and oxygen atoms in total. The molecule has 3 aromatic rings. The number of hydrogen-bond donors (Lipinski definition) is 0. The van der Waals surface area contributed by atoms with Gasteiger partial charge in [-0.05, 0) is 36.4 Å². The summed E-state index contributed by atoms with van der Waals surface area (Å²) in [4.78, 5) is 22.8. The number of anilines is 3. The summed E-state index contributed by atoms with van der Waals surface area (Å²) in [5.41, 5.74) is 2.63. The highest BCUT2D eigenvalue weighted by atomic mass is 32.2. The zero-order valence-electron chi connectivity index (χ0n) is 13.1. The molecule has 4 rings (SSSR count). The van der Waals surface area contributed by atoms with E-state index >= 15 is 0 Å². The topological polar surface area (TPSA) is 36.4 Å². The summed E-state index contributed by atoms with van der Waals surface area (Å²) in [5, 5.41) is 0. The van der Waals surface area contributed by atoms with Crippen LogP contribution >= 0.6 is 11.8 Å². The first-order chi connectivity index (χ1) is 11.8. The number of benzene rings is 2. The fourth-order valence-corrected chi connectivity index (χ4v) is 3.80. The van der Waals surface area contributed by atoms with Crippen molar-refractivity contribution in [2.24, 2.45) is 0 Å². The van der Waals surface area contributed by atoms with Crippen LogP contribution in [0, 0.1) is 0 Å². The second-order valence-corrected chi connectivity index (χ2v) is 6.50. The molecule has 2 aromatic carbocycles. The zero-order valence-corrected chi connectivity index (χ0v) is 13.9. The first-order valence-corrected chi connectivity index (χ1v) is 8.41. The highest BCUT2D eigenvalue weighted by Crippen LogP contribution is 2.48. The molecule has 2 heterocycles. The monoisotopic (exact) mass is 333 g/mol. The van der Waals surface area contributed by atoms with Crippen LogP contribution < -0.4 is 9.80 Å². The molecule has 0 aliphatic carbocycles. The second-order valence-electron chi connectivity index (χ2n) is 5.42. The number of amides is 2. The van der Waals surface area contributed by atoms with Crippen molar-refractivity contribution in [2.75, 3.05) is 16.8 Å². The maximum atomic E-state index is 13.2. The lowest BCUT2D eigenvalue weighted by Crippen LogP contribution is -2.39. The molecule has 24 heavy (non-hydrogen) atoms. The fourth-order valence-electron chi connectivity index (χ4n) is 2.74. The molecule has 0 atom stereocenters. The van der Waals surface area contributed by atoms with Crippen LogP contribution in [0.1, 0.15) is 0 Å². The Morgan fingerprint density at radius 2 is 1.46 bits per heavy atom. The molecule has 0 N–H and O–H groups in total. The van der Waals surface area contributed by atoms with Gasteiger partial charge in [-0.25, -0.2) is 4.79 Å². The SMILES string of the molecule is CN(C(=O)N1c2ccccc2Sc2ccccc21)c1ccncc1. The van der Waals surface area contributed by atoms with Crippen molar-refractivity contribution in [3.05, 3.63) is 73.1 Å². The van der Waals surface area contributed by atoms with E-state index in [0.29, 0.717) is 0 Å². The summed E-state index contributed by atoms with van der Waals surface area (Å²) in [7, 11) is 1.78. The summed E-state index contributed by atoms with van der Waals surface area (Å²) < 4.78 is 0. The first kappa shape index (κ1) is 14.8. The molecule has 5 heteroatoms. The first-order valence-electron chi connectivity index (χ1n) is 7.59. The van der Waals surface area contributed by atoms with Gasteiger partial charge < -0.3 is 0 Å². The third-order valence-corrected chi connectivity index (χ3v) is 5.09. The lowest BCUT2D eigenvalue weighted by molar-refractivity contribution is 0.254. The summed E-state index contributed by atoms with van der Waals surface area (Å²) in [5.74, 6) is 0. The van der Waals surface area contributed by atoms with Crippen molar-refractivity contribution in [3.8, 4) is 0 Å². The van der Waals surface area contributed by atoms with Crippen molar-refractivity contribution >= 4 is 34.9 Å². The number of para-hydroxylation sites is 2. The molecule has 1 aromatic heterocycles. The van der Waals surface area contributed by atoms with E-state index in [1.807, 2.05) is 60.7 Å². The Morgan fingerprint density at radius 1 is 0.917 bits per heavy atom. The van der Waals surface area contributed by atoms with E-state index in [4.69, 9.17) is 0 Å². The van der Waals surface area contributed by atoms with Gasteiger partial charge >= 0.3 is 6.03 Å². The van der Waals surface area contributed by atoms with E-state index in [1.54, 1.807) is 41.0 Å². The van der Waals surface area contributed by atoms with E-state index in [1.165, 1.54) is 0 Å². The van der Waals surface area contributed by atoms with Gasteiger partial charge in [0.2, 0.25) is 0 Å². The number of urea groups is 1. The molecule has 1 aliphatic rings. The van der Waals surface area contributed by atoms with Crippen molar-refractivity contribution in [3.63, 3.8) is 0 Å². The van der Waals surface area contributed by atoms with Crippen LogP contribution in [-0.4, -0.2) is 18.1 Å². The van der Waals surface area contributed by atoms with E-state index in [-0.39, 0.29) is 6.03 Å². The summed E-state index contributed by atoms with van der Waals surface area (Å²) >= 11 is 1.69. The summed E-state index contributed by atoms with van der Waals surface area (Å²) in [6.45, 7) is 0. The molecule has 0 fully saturated rings. The molecule has 0 spiro atoms. The van der Waals surface area contributed by atoms with Gasteiger partial charge in [0.1, 0.15) is 0 Å². The minimum absolute atomic E-state index is 0.0959. The van der Waals surface area contributed by atoms with Crippen molar-refractivity contribution in [1.29, 1.82) is 0 Å². The van der Waals surface area contributed by atoms with Crippen LogP contribution in [0.3, 0.4) is 0 Å². The Labute approximate surface area is 144 Å². The van der Waals surface area contributed by atoms with Gasteiger partial charge in [0, 0.05) is 34.9 Å². The highest BCUT2D eigenvalue weighted by molar-refractivity contribution is 7.99. The van der Waals surface area contributed by atoms with Gasteiger partial charge in [-0.2, -0.15) is 0 Å². The van der Waals surface area contributed by atoms with Crippen molar-refractivity contribution < 1.29 is 4.79 Å². The van der Waals surface area contributed by atoms with Crippen LogP contribution in [0.15, 0.2) is 82.8 Å². The van der Waals surface area contributed by atoms with Crippen LogP contribution in [-0.2, 0) is 0 Å². The van der Waals surface area contributed by atoms with Crippen molar-refractivity contribution in [1.82, 2.24) is 4.98 Å². The Kier molecular flexibility index (Phi) is 3.70. The maximum Gasteiger partial charge on any atom is 0.333 e. The Bertz CT molecular complexity index is 852. The van der Waals surface area contributed by atoms with Gasteiger partial charge in [0.05, 0.1) is 11.4 Å². The van der Waals surface area contributed by atoms with Gasteiger partial charge in [-0.15, -0.1) is 0 Å². The molecule has 0 radical (unpaired) electrons. The molecule has 1 aliphatic heterocycles. The second kappa shape index (κ2) is 6.02. The predicted octanol–water partition coefficient (Wildman–Crippen LogP) is 4.94. The molecule has 0 bridgehead atoms. The normalized spacial score (nSPS) is 12.3. The predicted molar refractivity (Wildman–Crippen MR) is 97.2 cm³/mol. The average Bonchev–Trinajstić information content (AvgIpc) is 2.65. The maximum absolute atomic E-state index is 13.2. The summed E-state index contributed by atoms with van der Waals surface area (Å²) in [6, 6.07) is 19.5. The number of carbonyl (C=O) groups excluding carboxylic acids is 1. The minimum Gasteiger partial charge on any atom is -0.297 e. The molecule has 0 unspecified atom stereocenters. The number of fused-ring (bicyclic) bond motifs is 2. The van der Waals surface area contributed by atoms with Crippen LogP contribution in [0.2, 0.25) is 0 Å². The number of rotatable bonds is 1. The molecule has 2 amide bonds. The van der Waals surface area contributed by atoms with Gasteiger partial charge in [0.25, 0.3) is 0 Å². The van der Waals surface area contributed by atoms with Crippen LogP contribution in [0.4, 0.5) is 21.9 Å². The van der Waals surface area contributed by atoms with Crippen LogP contribution in [0.5, 0.6) is 0 Å². The number of pyridine rings is 1. The van der Waals surface area contributed by atoms with Gasteiger partial charge in [-0.3, -0.25) is 14.8 Å². The third-order valence-electron chi connectivity index (χ3n) is 3.96. The van der Waals surface area contributed by atoms with Crippen LogP contribution in [0.25, 0.3) is 0 Å². The Morgan fingerprint density at radius 3 is 2.04 bits per heavy atom. The van der Waals surface area contributed by atoms with Gasteiger partial charge in [0.15, 0.2) is 0 Å². The number of carbonyl (C=O) groups is 1. The lowest BCUT2D eigenvalue weighted by atomic mass is 10.2. The molecule has 118 valence electrons. The third kappa shape index (κ3) is 2.43. The van der Waals surface area contributed by atoms with E-state index in [0.717, 1.165) is 26.9 Å². The fraction of sp³-hybridized carbons (Fsp3) is 0.0526. The lowest BCUT2D eigenvalue weighted by Gasteiger charge is -2.33. The van der Waals surface area contributed by atoms with E-state index in [2.05, 4.69) is 4.98 Å². The number of hydrogen-bond acceptors (Lipinski definition) is 3. The number of nitrogens with zero attached hydrogens (tertiary/aromatic N) is 3. The molecular weight excluding hydrogens is 318 g/mol. The standard InChI is InChI=1S/C19H15N3OS/c1-21(14-10-12-20-13-11-14)19(23)22-15-6-2-4-8-17(15)24-18-9-5-3-7-16(18)22/h2-13H,1H3. The zero-order chi connectivity index (χ0) is 16.5. The average molecular weight is 333 g/mol. The molecule has 0 saturated heterocycles. The van der Waals surface area contributed by atoms with E-state index < -0.39 is 0 Å². The largest absolute Gasteiger partial charge is 0.333 e. The molecule has 0 saturated carbocycles. The molecular formula is C19H15N3OS. The number of aromatic nitrogens is 1. The Hall–Kier alpha value is -2.79. The van der Waals surface area contributed by atoms with Gasteiger partial charge in [-0.1, -0.05) is 36.0 Å². The smallest absolute Gasteiger partial charge is 0.297 e. The highest BCUT2D eigenvalue weighted by Gasteiger charge is 2.30. The van der Waals surface area contributed by atoms with E-state index in [9.17, 15) is 4.79 Å². The quantitative estimate of drug-likeness (QED) is 0.633. The summed E-state index contributed by atoms with van der Waals surface area (Å²) in [6.07, 6.45) is 3.38. The Balaban J connectivity index is 1.81. The van der Waals surface area contributed by atoms with Crippen molar-refractivity contribution in [2.45, 2.75) is 9.79 Å².